The number of rotatable bonds is 4. The number of amides is 1. The third kappa shape index (κ3) is 5.41. The lowest BCUT2D eigenvalue weighted by Crippen LogP contribution is -2.31. The summed E-state index contributed by atoms with van der Waals surface area (Å²) in [6, 6.07) is 13.4. The Hall–Kier alpha value is -3.27. The molecular formula is C23H24F3N3O. The molecule has 4 nitrogen and oxygen atoms in total. The summed E-state index contributed by atoms with van der Waals surface area (Å²) in [6.45, 7) is 5.34. The van der Waals surface area contributed by atoms with E-state index in [4.69, 9.17) is 0 Å². The molecule has 0 aromatic heterocycles. The molecule has 1 N–H and O–H groups in total. The summed E-state index contributed by atoms with van der Waals surface area (Å²) in [6.07, 6.45) is -4.53. The Morgan fingerprint density at radius 2 is 1.60 bits per heavy atom. The van der Waals surface area contributed by atoms with E-state index in [1.807, 2.05) is 25.1 Å². The van der Waals surface area contributed by atoms with Crippen LogP contribution in [-0.4, -0.2) is 20.0 Å². The molecule has 0 unspecified atom stereocenters. The summed E-state index contributed by atoms with van der Waals surface area (Å²) in [4.78, 5) is 14.7. The zero-order valence-electron chi connectivity index (χ0n) is 17.6. The number of carbonyl (C=O) groups is 1. The Bertz CT molecular complexity index is 992. The van der Waals surface area contributed by atoms with Crippen molar-refractivity contribution in [2.75, 3.05) is 19.0 Å². The first-order valence-corrected chi connectivity index (χ1v) is 9.26. The van der Waals surface area contributed by atoms with Crippen LogP contribution in [-0.2, 0) is 6.18 Å². The van der Waals surface area contributed by atoms with E-state index >= 15 is 0 Å². The highest BCUT2D eigenvalue weighted by Gasteiger charge is 2.31. The van der Waals surface area contributed by atoms with E-state index in [9.17, 15) is 23.2 Å². The average molecular weight is 415 g/mol. The number of carbonyl (C=O) groups excluding carboxylic acids is 1. The van der Waals surface area contributed by atoms with Crippen LogP contribution in [0, 0.1) is 16.7 Å². The summed E-state index contributed by atoms with van der Waals surface area (Å²) in [5.74, 6) is -0.440. The number of nitrogens with one attached hydrogen (secondary N) is 1. The van der Waals surface area contributed by atoms with Gasteiger partial charge in [-0.15, -0.1) is 0 Å². The molecule has 0 atom stereocenters. The fourth-order valence-electron chi connectivity index (χ4n) is 2.84. The monoisotopic (exact) mass is 415 g/mol. The van der Waals surface area contributed by atoms with Crippen molar-refractivity contribution in [1.82, 2.24) is 5.32 Å². The number of halogens is 3. The highest BCUT2D eigenvalue weighted by atomic mass is 19.4. The van der Waals surface area contributed by atoms with Gasteiger partial charge in [0.1, 0.15) is 6.07 Å². The van der Waals surface area contributed by atoms with E-state index in [1.165, 1.54) is 12.1 Å². The average Bonchev–Trinajstić information content (AvgIpc) is 2.66. The minimum Gasteiger partial charge on any atom is -0.378 e. The Balaban J connectivity index is 2.51. The van der Waals surface area contributed by atoms with Crippen LogP contribution in [0.3, 0.4) is 0 Å². The van der Waals surface area contributed by atoms with E-state index in [1.54, 1.807) is 45.0 Å². The smallest absolute Gasteiger partial charge is 0.378 e. The lowest BCUT2D eigenvalue weighted by molar-refractivity contribution is -0.137. The number of anilines is 1. The summed E-state index contributed by atoms with van der Waals surface area (Å²) >= 11 is 0. The normalized spacial score (nSPS) is 12.6. The Morgan fingerprint density at radius 3 is 2.07 bits per heavy atom. The minimum atomic E-state index is -4.53. The van der Waals surface area contributed by atoms with Crippen LogP contribution in [0.2, 0.25) is 0 Å². The fourth-order valence-corrected chi connectivity index (χ4v) is 2.84. The number of alkyl halides is 3. The molecule has 0 radical (unpaired) electrons. The van der Waals surface area contributed by atoms with Crippen molar-refractivity contribution in [3.63, 3.8) is 0 Å². The van der Waals surface area contributed by atoms with E-state index < -0.39 is 23.1 Å². The van der Waals surface area contributed by atoms with Crippen LogP contribution in [0.25, 0.3) is 5.57 Å². The Morgan fingerprint density at radius 1 is 1.00 bits per heavy atom. The second-order valence-electron chi connectivity index (χ2n) is 8.09. The minimum absolute atomic E-state index is 0.00754. The molecule has 1 amide bonds. The number of allylic oxidation sites excluding steroid dienone is 2. The maximum Gasteiger partial charge on any atom is 0.416 e. The molecule has 0 bridgehead atoms. The van der Waals surface area contributed by atoms with Gasteiger partial charge in [0.05, 0.1) is 11.1 Å². The lowest BCUT2D eigenvalue weighted by Gasteiger charge is -2.26. The summed E-state index contributed by atoms with van der Waals surface area (Å²) in [5, 5.41) is 12.5. The fraction of sp³-hybridized carbons (Fsp3) is 0.304. The molecule has 0 saturated heterocycles. The molecule has 0 saturated carbocycles. The topological polar surface area (TPSA) is 56.1 Å². The molecule has 0 heterocycles. The molecule has 7 heteroatoms. The Labute approximate surface area is 174 Å². The second kappa shape index (κ2) is 8.62. The zero-order chi connectivity index (χ0) is 22.7. The van der Waals surface area contributed by atoms with Crippen molar-refractivity contribution in [2.45, 2.75) is 26.9 Å². The van der Waals surface area contributed by atoms with Crippen molar-refractivity contribution < 1.29 is 18.0 Å². The molecule has 0 aliphatic heterocycles. The zero-order valence-corrected chi connectivity index (χ0v) is 17.6. The van der Waals surface area contributed by atoms with Gasteiger partial charge in [-0.1, -0.05) is 32.9 Å². The summed E-state index contributed by atoms with van der Waals surface area (Å²) in [7, 11) is 3.76. The van der Waals surface area contributed by atoms with Crippen molar-refractivity contribution in [1.29, 1.82) is 5.26 Å². The maximum atomic E-state index is 13.1. The van der Waals surface area contributed by atoms with Gasteiger partial charge in [-0.3, -0.25) is 4.79 Å². The summed E-state index contributed by atoms with van der Waals surface area (Å²) in [5.41, 5.74) is 0.0897. The van der Waals surface area contributed by atoms with Crippen LogP contribution in [0.15, 0.2) is 54.2 Å². The van der Waals surface area contributed by atoms with Gasteiger partial charge in [-0.25, -0.2) is 0 Å². The molecule has 0 spiro atoms. The third-order valence-corrected chi connectivity index (χ3v) is 4.47. The van der Waals surface area contributed by atoms with Gasteiger partial charge in [0, 0.05) is 36.5 Å². The number of hydrogen-bond acceptors (Lipinski definition) is 3. The largest absolute Gasteiger partial charge is 0.416 e. The van der Waals surface area contributed by atoms with Crippen LogP contribution in [0.1, 0.15) is 42.3 Å². The van der Waals surface area contributed by atoms with Crippen LogP contribution >= 0.6 is 0 Å². The number of nitriles is 1. The third-order valence-electron chi connectivity index (χ3n) is 4.47. The van der Waals surface area contributed by atoms with Crippen LogP contribution in [0.5, 0.6) is 0 Å². The SMILES string of the molecule is CN(C)c1ccc(C(=O)NC(=C(C#N)c2cccc(C(F)(F)F)c2)C(C)(C)C)cc1. The number of benzene rings is 2. The highest BCUT2D eigenvalue weighted by Crippen LogP contribution is 2.34. The molecule has 2 aromatic carbocycles. The number of nitrogens with zero attached hydrogens (tertiary/aromatic N) is 2. The van der Waals surface area contributed by atoms with Gasteiger partial charge >= 0.3 is 6.18 Å². The molecule has 2 aromatic rings. The van der Waals surface area contributed by atoms with Gasteiger partial charge in [-0.2, -0.15) is 18.4 Å². The van der Waals surface area contributed by atoms with Crippen molar-refractivity contribution in [3.05, 3.63) is 70.9 Å². The quantitative estimate of drug-likeness (QED) is 0.673. The first-order chi connectivity index (χ1) is 13.8. The van der Waals surface area contributed by atoms with Gasteiger partial charge in [-0.05, 0) is 42.0 Å². The summed E-state index contributed by atoms with van der Waals surface area (Å²) < 4.78 is 39.4. The van der Waals surface area contributed by atoms with Gasteiger partial charge in [0.2, 0.25) is 0 Å². The van der Waals surface area contributed by atoms with Crippen molar-refractivity contribution >= 4 is 17.2 Å². The predicted octanol–water partition coefficient (Wildman–Crippen LogP) is 5.48. The van der Waals surface area contributed by atoms with Crippen molar-refractivity contribution in [3.8, 4) is 6.07 Å². The van der Waals surface area contributed by atoms with Crippen LogP contribution < -0.4 is 10.2 Å². The standard InChI is InChI=1S/C23H24F3N3O/c1-22(2,3)20(28-21(30)15-9-11-18(12-10-15)29(4)5)19(14-27)16-7-6-8-17(13-16)23(24,25)26/h6-13H,1-5H3,(H,28,30). The molecule has 0 aliphatic rings. The van der Waals surface area contributed by atoms with Gasteiger partial charge in [0.25, 0.3) is 5.91 Å². The Kier molecular flexibility index (Phi) is 6.61. The first kappa shape index (κ1) is 23.0. The molecular weight excluding hydrogens is 391 g/mol. The number of hydrogen-bond donors (Lipinski definition) is 1. The molecule has 158 valence electrons. The highest BCUT2D eigenvalue weighted by molar-refractivity contribution is 5.97. The van der Waals surface area contributed by atoms with Crippen LogP contribution in [0.4, 0.5) is 18.9 Å². The first-order valence-electron chi connectivity index (χ1n) is 9.26. The second-order valence-corrected chi connectivity index (χ2v) is 8.09. The van der Waals surface area contributed by atoms with E-state index in [2.05, 4.69) is 5.32 Å². The lowest BCUT2D eigenvalue weighted by atomic mass is 9.86. The van der Waals surface area contributed by atoms with Gasteiger partial charge in [0.15, 0.2) is 0 Å². The van der Waals surface area contributed by atoms with E-state index in [0.717, 1.165) is 17.8 Å². The molecule has 30 heavy (non-hydrogen) atoms. The molecule has 0 aliphatic carbocycles. The molecule has 2 rings (SSSR count). The molecule has 0 fully saturated rings. The maximum absolute atomic E-state index is 13.1. The van der Waals surface area contributed by atoms with E-state index in [-0.39, 0.29) is 16.8 Å². The van der Waals surface area contributed by atoms with E-state index in [0.29, 0.717) is 5.56 Å². The van der Waals surface area contributed by atoms with Gasteiger partial charge < -0.3 is 10.2 Å². The predicted molar refractivity (Wildman–Crippen MR) is 112 cm³/mol. The van der Waals surface area contributed by atoms with Crippen molar-refractivity contribution in [2.24, 2.45) is 5.41 Å².